The maximum Gasteiger partial charge on any atom is 0.143 e. The molecule has 0 bridgehead atoms. The second-order valence-electron chi connectivity index (χ2n) is 1.99. The molecular formula is C4H8N4. The maximum atomic E-state index is 7.11. The summed E-state index contributed by atoms with van der Waals surface area (Å²) in [7, 11) is 0. The molecule has 0 aromatic carbocycles. The second kappa shape index (κ2) is 1.29. The zero-order valence-corrected chi connectivity index (χ0v) is 4.60. The van der Waals surface area contributed by atoms with Crippen LogP contribution in [0.5, 0.6) is 0 Å². The Balaban J connectivity index is 2.79. The first-order chi connectivity index (χ1) is 3.63. The van der Waals surface area contributed by atoms with Gasteiger partial charge in [-0.1, -0.05) is 0 Å². The first-order valence-corrected chi connectivity index (χ1v) is 2.31. The average molecular weight is 112 g/mol. The van der Waals surface area contributed by atoms with Gasteiger partial charge in [0.1, 0.15) is 5.66 Å². The van der Waals surface area contributed by atoms with Crippen LogP contribution in [-0.4, -0.2) is 17.6 Å². The van der Waals surface area contributed by atoms with Crippen LogP contribution in [0.25, 0.3) is 0 Å². The first kappa shape index (κ1) is 5.24. The highest BCUT2D eigenvalue weighted by Crippen LogP contribution is 1.98. The summed E-state index contributed by atoms with van der Waals surface area (Å²) in [4.78, 5) is 0. The summed E-state index contributed by atoms with van der Waals surface area (Å²) in [6.45, 7) is 1.70. The summed E-state index contributed by atoms with van der Waals surface area (Å²) >= 11 is 0. The number of nitrogens with two attached hydrogens (primary N) is 1. The van der Waals surface area contributed by atoms with Crippen molar-refractivity contribution in [2.24, 2.45) is 10.8 Å². The molecule has 4 heteroatoms. The van der Waals surface area contributed by atoms with Gasteiger partial charge in [-0.3, -0.25) is 10.8 Å². The number of nitrogens with one attached hydrogen (secondary N) is 2. The number of hydrazone groups is 1. The third kappa shape index (κ3) is 0.586. The molecule has 1 atom stereocenters. The van der Waals surface area contributed by atoms with Gasteiger partial charge in [0.2, 0.25) is 0 Å². The van der Waals surface area contributed by atoms with E-state index in [1.807, 2.05) is 0 Å². The van der Waals surface area contributed by atoms with Crippen LogP contribution >= 0.6 is 0 Å². The van der Waals surface area contributed by atoms with Crippen molar-refractivity contribution >= 4 is 11.9 Å². The highest BCUT2D eigenvalue weighted by Gasteiger charge is 2.25. The van der Waals surface area contributed by atoms with Crippen LogP contribution in [0.15, 0.2) is 5.10 Å². The minimum absolute atomic E-state index is 0.317. The molecule has 1 unspecified atom stereocenters. The molecule has 0 aliphatic carbocycles. The van der Waals surface area contributed by atoms with Gasteiger partial charge in [0.15, 0.2) is 0 Å². The SMILES string of the molecule is CC1(N)NN=CC1=N. The Hall–Kier alpha value is -0.900. The van der Waals surface area contributed by atoms with Gasteiger partial charge in [-0.2, -0.15) is 5.10 Å². The Labute approximate surface area is 47.3 Å². The predicted molar refractivity (Wildman–Crippen MR) is 31.9 cm³/mol. The van der Waals surface area contributed by atoms with Crippen molar-refractivity contribution in [2.75, 3.05) is 0 Å². The van der Waals surface area contributed by atoms with E-state index in [4.69, 9.17) is 11.1 Å². The molecule has 1 rings (SSSR count). The number of hydrogen-bond acceptors (Lipinski definition) is 4. The summed E-state index contributed by atoms with van der Waals surface area (Å²) < 4.78 is 0. The molecule has 0 fully saturated rings. The molecule has 0 amide bonds. The van der Waals surface area contributed by atoms with Gasteiger partial charge in [0.25, 0.3) is 0 Å². The Kier molecular flexibility index (Phi) is 0.844. The summed E-state index contributed by atoms with van der Waals surface area (Å²) in [6.07, 6.45) is 1.40. The van der Waals surface area contributed by atoms with Crippen molar-refractivity contribution < 1.29 is 0 Å². The van der Waals surface area contributed by atoms with Crippen molar-refractivity contribution in [2.45, 2.75) is 12.6 Å². The lowest BCUT2D eigenvalue weighted by Crippen LogP contribution is -2.51. The fourth-order valence-electron chi connectivity index (χ4n) is 0.425. The topological polar surface area (TPSA) is 74.3 Å². The zero-order valence-electron chi connectivity index (χ0n) is 4.60. The lowest BCUT2D eigenvalue weighted by Gasteiger charge is -2.15. The molecule has 1 aliphatic heterocycles. The van der Waals surface area contributed by atoms with E-state index in [0.717, 1.165) is 0 Å². The zero-order chi connectivity index (χ0) is 6.20. The molecule has 0 spiro atoms. The molecule has 0 saturated heterocycles. The van der Waals surface area contributed by atoms with Crippen LogP contribution in [-0.2, 0) is 0 Å². The third-order valence-electron chi connectivity index (χ3n) is 1.05. The minimum Gasteiger partial charge on any atom is -0.303 e. The van der Waals surface area contributed by atoms with E-state index in [-0.39, 0.29) is 0 Å². The largest absolute Gasteiger partial charge is 0.303 e. The van der Waals surface area contributed by atoms with Gasteiger partial charge in [-0.15, -0.1) is 0 Å². The molecule has 0 radical (unpaired) electrons. The van der Waals surface area contributed by atoms with E-state index in [0.29, 0.717) is 5.71 Å². The van der Waals surface area contributed by atoms with Crippen molar-refractivity contribution in [1.82, 2.24) is 5.43 Å². The Morgan fingerprint density at radius 1 is 2.00 bits per heavy atom. The smallest absolute Gasteiger partial charge is 0.143 e. The Bertz CT molecular complexity index is 146. The van der Waals surface area contributed by atoms with Crippen molar-refractivity contribution in [3.63, 3.8) is 0 Å². The number of nitrogens with zero attached hydrogens (tertiary/aromatic N) is 1. The molecule has 4 N–H and O–H groups in total. The number of hydrogen-bond donors (Lipinski definition) is 3. The molecule has 8 heavy (non-hydrogen) atoms. The fraction of sp³-hybridized carbons (Fsp3) is 0.500. The van der Waals surface area contributed by atoms with Crippen LogP contribution in [0.3, 0.4) is 0 Å². The first-order valence-electron chi connectivity index (χ1n) is 2.31. The highest BCUT2D eigenvalue weighted by molar-refractivity contribution is 6.34. The molecular weight excluding hydrogens is 104 g/mol. The molecule has 0 aromatic rings. The van der Waals surface area contributed by atoms with Crippen LogP contribution < -0.4 is 11.2 Å². The van der Waals surface area contributed by atoms with Crippen LogP contribution in [0, 0.1) is 5.41 Å². The van der Waals surface area contributed by atoms with E-state index in [1.165, 1.54) is 6.21 Å². The molecule has 1 aliphatic rings. The van der Waals surface area contributed by atoms with Gasteiger partial charge >= 0.3 is 0 Å². The van der Waals surface area contributed by atoms with Crippen molar-refractivity contribution in [3.05, 3.63) is 0 Å². The molecule has 0 aromatic heterocycles. The van der Waals surface area contributed by atoms with E-state index >= 15 is 0 Å². The third-order valence-corrected chi connectivity index (χ3v) is 1.05. The monoisotopic (exact) mass is 112 g/mol. The summed E-state index contributed by atoms with van der Waals surface area (Å²) in [5.74, 6) is 0. The van der Waals surface area contributed by atoms with Crippen LogP contribution in [0.4, 0.5) is 0 Å². The molecule has 4 nitrogen and oxygen atoms in total. The van der Waals surface area contributed by atoms with Crippen molar-refractivity contribution in [3.8, 4) is 0 Å². The van der Waals surface area contributed by atoms with E-state index in [1.54, 1.807) is 6.92 Å². The van der Waals surface area contributed by atoms with Gasteiger partial charge in [0, 0.05) is 0 Å². The van der Waals surface area contributed by atoms with Gasteiger partial charge < -0.3 is 5.73 Å². The molecule has 0 saturated carbocycles. The Morgan fingerprint density at radius 3 is 2.75 bits per heavy atom. The summed E-state index contributed by atoms with van der Waals surface area (Å²) in [5.41, 5.74) is 7.61. The van der Waals surface area contributed by atoms with Gasteiger partial charge in [-0.25, -0.2) is 0 Å². The van der Waals surface area contributed by atoms with E-state index < -0.39 is 5.66 Å². The van der Waals surface area contributed by atoms with Crippen molar-refractivity contribution in [1.29, 1.82) is 5.41 Å². The predicted octanol–water partition coefficient (Wildman–Crippen LogP) is -0.730. The van der Waals surface area contributed by atoms with E-state index in [2.05, 4.69) is 10.5 Å². The normalized spacial score (nSPS) is 35.5. The summed E-state index contributed by atoms with van der Waals surface area (Å²) in [6, 6.07) is 0. The molecule has 44 valence electrons. The van der Waals surface area contributed by atoms with E-state index in [9.17, 15) is 0 Å². The quantitative estimate of drug-likeness (QED) is 0.386. The van der Waals surface area contributed by atoms with Crippen LogP contribution in [0.2, 0.25) is 0 Å². The van der Waals surface area contributed by atoms with Crippen LogP contribution in [0.1, 0.15) is 6.92 Å². The Morgan fingerprint density at radius 2 is 2.62 bits per heavy atom. The summed E-state index contributed by atoms with van der Waals surface area (Å²) in [5, 5.41) is 10.7. The second-order valence-corrected chi connectivity index (χ2v) is 1.99. The molecule has 1 heterocycles. The number of rotatable bonds is 0. The highest BCUT2D eigenvalue weighted by atomic mass is 15.4. The minimum atomic E-state index is -0.736. The lowest BCUT2D eigenvalue weighted by molar-refractivity contribution is 0.521. The van der Waals surface area contributed by atoms with Gasteiger partial charge in [0.05, 0.1) is 11.9 Å². The van der Waals surface area contributed by atoms with Gasteiger partial charge in [-0.05, 0) is 6.92 Å². The standard InChI is InChI=1S/C4H8N4/c1-4(6)3(5)2-7-8-4/h2,5,8H,6H2,1H3. The maximum absolute atomic E-state index is 7.11. The fourth-order valence-corrected chi connectivity index (χ4v) is 0.425. The average Bonchev–Trinajstić information content (AvgIpc) is 1.86. The lowest BCUT2D eigenvalue weighted by atomic mass is 10.1.